The van der Waals surface area contributed by atoms with Gasteiger partial charge in [-0.3, -0.25) is 0 Å². The Hall–Kier alpha value is -1.70. The molecule has 0 aliphatic heterocycles. The van der Waals surface area contributed by atoms with Gasteiger partial charge in [-0.2, -0.15) is 14.3 Å². The zero-order chi connectivity index (χ0) is 9.97. The molecule has 0 aliphatic carbocycles. The van der Waals surface area contributed by atoms with Gasteiger partial charge in [0.15, 0.2) is 5.82 Å². The van der Waals surface area contributed by atoms with Crippen LogP contribution < -0.4 is 11.1 Å². The lowest BCUT2D eigenvalue weighted by atomic mass is 10.6. The fraction of sp³-hybridized carbons (Fsp3) is 0.333. The molecule has 2 rings (SSSR count). The quantitative estimate of drug-likeness (QED) is 0.760. The first-order valence-corrected chi connectivity index (χ1v) is 4.63. The van der Waals surface area contributed by atoms with Crippen molar-refractivity contribution in [3.63, 3.8) is 0 Å². The van der Waals surface area contributed by atoms with Crippen LogP contribution in [-0.4, -0.2) is 19.5 Å². The Morgan fingerprint density at radius 2 is 2.36 bits per heavy atom. The molecule has 0 saturated heterocycles. The summed E-state index contributed by atoms with van der Waals surface area (Å²) in [5.74, 6) is 1.38. The number of nitrogens with one attached hydrogen (secondary N) is 1. The van der Waals surface area contributed by atoms with Crippen LogP contribution >= 0.6 is 11.5 Å². The number of nitrogens with zero attached hydrogens (tertiary/aromatic N) is 4. The maximum atomic E-state index is 5.35. The van der Waals surface area contributed by atoms with E-state index in [-0.39, 0.29) is 5.95 Å². The predicted molar refractivity (Wildman–Crippen MR) is 50.7 cm³/mol. The first-order valence-electron chi connectivity index (χ1n) is 3.86. The van der Waals surface area contributed by atoms with Gasteiger partial charge < -0.3 is 15.6 Å². The van der Waals surface area contributed by atoms with Crippen LogP contribution in [-0.2, 0) is 6.54 Å². The molecular formula is C6H8N6OS. The van der Waals surface area contributed by atoms with E-state index in [2.05, 4.69) is 24.8 Å². The maximum Gasteiger partial charge on any atom is 0.246 e. The Morgan fingerprint density at radius 1 is 1.50 bits per heavy atom. The Bertz CT molecular complexity index is 383. The van der Waals surface area contributed by atoms with Crippen LogP contribution in [0.25, 0.3) is 0 Å². The number of aryl methyl sites for hydroxylation is 1. The number of hydrogen-bond acceptors (Lipinski definition) is 8. The van der Waals surface area contributed by atoms with Gasteiger partial charge in [0, 0.05) is 11.5 Å². The number of nitrogens with two attached hydrogens (primary N) is 1. The lowest BCUT2D eigenvalue weighted by molar-refractivity contribution is 0.379. The summed E-state index contributed by atoms with van der Waals surface area (Å²) in [7, 11) is 0. The molecule has 74 valence electrons. The van der Waals surface area contributed by atoms with E-state index in [1.807, 2.05) is 0 Å². The van der Waals surface area contributed by atoms with Crippen LogP contribution in [0.15, 0.2) is 4.52 Å². The SMILES string of the molecule is Cc1noc(CNc2nc(N)ns2)n1. The third-order valence-electron chi connectivity index (χ3n) is 1.40. The predicted octanol–water partition coefficient (Wildman–Crippen LogP) is 0.424. The summed E-state index contributed by atoms with van der Waals surface area (Å²) in [6, 6.07) is 0. The van der Waals surface area contributed by atoms with Crippen LogP contribution in [0.4, 0.5) is 11.1 Å². The largest absolute Gasteiger partial charge is 0.367 e. The second-order valence-electron chi connectivity index (χ2n) is 2.55. The molecule has 0 aliphatic rings. The van der Waals surface area contributed by atoms with Crippen LogP contribution in [0.3, 0.4) is 0 Å². The minimum atomic E-state index is 0.263. The monoisotopic (exact) mass is 212 g/mol. The Morgan fingerprint density at radius 3 is 2.93 bits per heavy atom. The van der Waals surface area contributed by atoms with Crippen molar-refractivity contribution < 1.29 is 4.52 Å². The molecule has 2 aromatic heterocycles. The van der Waals surface area contributed by atoms with E-state index in [0.717, 1.165) is 0 Å². The second-order valence-corrected chi connectivity index (χ2v) is 3.30. The van der Waals surface area contributed by atoms with Crippen LogP contribution in [0.5, 0.6) is 0 Å². The van der Waals surface area contributed by atoms with Gasteiger partial charge in [-0.05, 0) is 6.92 Å². The third-order valence-corrected chi connectivity index (χ3v) is 2.09. The van der Waals surface area contributed by atoms with Crippen molar-refractivity contribution in [1.29, 1.82) is 0 Å². The second kappa shape index (κ2) is 3.58. The van der Waals surface area contributed by atoms with Crippen LogP contribution in [0.2, 0.25) is 0 Å². The van der Waals surface area contributed by atoms with Gasteiger partial charge in [0.05, 0.1) is 6.54 Å². The highest BCUT2D eigenvalue weighted by Gasteiger charge is 2.04. The van der Waals surface area contributed by atoms with Gasteiger partial charge >= 0.3 is 0 Å². The van der Waals surface area contributed by atoms with Gasteiger partial charge in [0.25, 0.3) is 0 Å². The molecule has 0 saturated carbocycles. The molecule has 8 heteroatoms. The first-order chi connectivity index (χ1) is 6.74. The Kier molecular flexibility index (Phi) is 2.27. The smallest absolute Gasteiger partial charge is 0.246 e. The highest BCUT2D eigenvalue weighted by molar-refractivity contribution is 7.09. The number of nitrogen functional groups attached to an aromatic ring is 1. The first kappa shape index (κ1) is 8.88. The van der Waals surface area contributed by atoms with Crippen molar-refractivity contribution in [3.05, 3.63) is 11.7 Å². The van der Waals surface area contributed by atoms with Gasteiger partial charge in [0.1, 0.15) is 0 Å². The minimum Gasteiger partial charge on any atom is -0.367 e. The molecule has 0 atom stereocenters. The van der Waals surface area contributed by atoms with Crippen molar-refractivity contribution in [1.82, 2.24) is 19.5 Å². The van der Waals surface area contributed by atoms with Crippen molar-refractivity contribution in [2.45, 2.75) is 13.5 Å². The zero-order valence-corrected chi connectivity index (χ0v) is 8.21. The van der Waals surface area contributed by atoms with Crippen molar-refractivity contribution in [2.24, 2.45) is 0 Å². The van der Waals surface area contributed by atoms with E-state index < -0.39 is 0 Å². The molecule has 14 heavy (non-hydrogen) atoms. The van der Waals surface area contributed by atoms with E-state index in [4.69, 9.17) is 10.3 Å². The van der Waals surface area contributed by atoms with Crippen LogP contribution in [0.1, 0.15) is 11.7 Å². The topological polar surface area (TPSA) is 103 Å². The summed E-state index contributed by atoms with van der Waals surface area (Å²) in [6.45, 7) is 2.19. The summed E-state index contributed by atoms with van der Waals surface area (Å²) in [6.07, 6.45) is 0. The molecule has 0 amide bonds. The van der Waals surface area contributed by atoms with E-state index >= 15 is 0 Å². The molecule has 0 radical (unpaired) electrons. The summed E-state index contributed by atoms with van der Waals surface area (Å²) in [4.78, 5) is 7.93. The van der Waals surface area contributed by atoms with Gasteiger partial charge in [-0.25, -0.2) is 0 Å². The van der Waals surface area contributed by atoms with Crippen LogP contribution in [0, 0.1) is 6.92 Å². The molecule has 0 spiro atoms. The fourth-order valence-electron chi connectivity index (χ4n) is 0.870. The number of rotatable bonds is 3. The number of anilines is 2. The summed E-state index contributed by atoms with van der Waals surface area (Å²) < 4.78 is 8.71. The molecule has 0 unspecified atom stereocenters. The lowest BCUT2D eigenvalue weighted by Gasteiger charge is -1.94. The van der Waals surface area contributed by atoms with E-state index in [0.29, 0.717) is 23.4 Å². The third kappa shape index (κ3) is 1.96. The van der Waals surface area contributed by atoms with Crippen molar-refractivity contribution in [3.8, 4) is 0 Å². The highest BCUT2D eigenvalue weighted by atomic mass is 32.1. The van der Waals surface area contributed by atoms with Crippen molar-refractivity contribution >= 4 is 22.6 Å². The molecule has 2 heterocycles. The average molecular weight is 212 g/mol. The van der Waals surface area contributed by atoms with Gasteiger partial charge in [-0.15, -0.1) is 0 Å². The summed E-state index contributed by atoms with van der Waals surface area (Å²) in [5.41, 5.74) is 5.35. The molecule has 0 aromatic carbocycles. The minimum absolute atomic E-state index is 0.263. The Balaban J connectivity index is 1.94. The summed E-state index contributed by atoms with van der Waals surface area (Å²) >= 11 is 1.19. The summed E-state index contributed by atoms with van der Waals surface area (Å²) in [5, 5.41) is 7.25. The highest BCUT2D eigenvalue weighted by Crippen LogP contribution is 2.12. The fourth-order valence-corrected chi connectivity index (χ4v) is 1.36. The number of aromatic nitrogens is 4. The molecular weight excluding hydrogens is 204 g/mol. The van der Waals surface area contributed by atoms with Gasteiger partial charge in [0.2, 0.25) is 17.0 Å². The molecule has 3 N–H and O–H groups in total. The number of hydrogen-bond donors (Lipinski definition) is 2. The molecule has 0 bridgehead atoms. The van der Waals surface area contributed by atoms with E-state index in [9.17, 15) is 0 Å². The molecule has 0 fully saturated rings. The van der Waals surface area contributed by atoms with Crippen molar-refractivity contribution in [2.75, 3.05) is 11.1 Å². The Labute approximate surface area is 83.5 Å². The van der Waals surface area contributed by atoms with Gasteiger partial charge in [-0.1, -0.05) is 5.16 Å². The molecule has 7 nitrogen and oxygen atoms in total. The lowest BCUT2D eigenvalue weighted by Crippen LogP contribution is -1.99. The standard InChI is InChI=1S/C6H8N6OS/c1-3-9-4(13-11-3)2-8-6-10-5(7)12-14-6/h2H2,1H3,(H3,7,8,10,12). The normalized spacial score (nSPS) is 10.4. The van der Waals surface area contributed by atoms with E-state index in [1.54, 1.807) is 6.92 Å². The maximum absolute atomic E-state index is 5.35. The van der Waals surface area contributed by atoms with E-state index in [1.165, 1.54) is 11.5 Å². The zero-order valence-electron chi connectivity index (χ0n) is 7.39. The average Bonchev–Trinajstić information content (AvgIpc) is 2.72. The molecule has 2 aromatic rings.